The number of nitrogens with zero attached hydrogens (tertiary/aromatic N) is 1. The van der Waals surface area contributed by atoms with Crippen molar-refractivity contribution in [1.82, 2.24) is 5.32 Å². The van der Waals surface area contributed by atoms with Gasteiger partial charge in [-0.1, -0.05) is 314 Å². The molecule has 2 N–H and O–H groups in total. The van der Waals surface area contributed by atoms with E-state index in [0.29, 0.717) is 17.4 Å². The third-order valence-corrected chi connectivity index (χ3v) is 17.0. The second-order valence-electron chi connectivity index (χ2n) is 25.4. The van der Waals surface area contributed by atoms with Crippen LogP contribution >= 0.6 is 7.82 Å². The van der Waals surface area contributed by atoms with Crippen molar-refractivity contribution >= 4 is 19.7 Å². The Bertz CT molecular complexity index is 1540. The monoisotopic (exact) mass is 1170 g/mol. The number of hydrogen-bond acceptors (Lipinski definition) is 6. The maximum atomic E-state index is 13.6. The number of nitrogens with one attached hydrogen (secondary N) is 1. The number of carbonyl (C=O) groups excluding carboxylic acids is 2. The summed E-state index contributed by atoms with van der Waals surface area (Å²) >= 11 is 0. The molecule has 10 heteroatoms. The first-order valence-electron chi connectivity index (χ1n) is 35.5. The Morgan fingerprint density at radius 1 is 0.427 bits per heavy atom. The largest absolute Gasteiger partial charge is 0.472 e. The van der Waals surface area contributed by atoms with Gasteiger partial charge < -0.3 is 19.4 Å². The molecule has 0 aliphatic carbocycles. The van der Waals surface area contributed by atoms with Crippen LogP contribution in [0.2, 0.25) is 0 Å². The molecule has 9 nitrogen and oxygen atoms in total. The lowest BCUT2D eigenvalue weighted by atomic mass is 10.0. The number of phosphoric ester groups is 1. The van der Waals surface area contributed by atoms with Gasteiger partial charge in [-0.05, 0) is 70.3 Å². The van der Waals surface area contributed by atoms with E-state index in [9.17, 15) is 19.0 Å². The van der Waals surface area contributed by atoms with Crippen LogP contribution in [0.4, 0.5) is 0 Å². The molecule has 82 heavy (non-hydrogen) atoms. The number of esters is 1. The van der Waals surface area contributed by atoms with Gasteiger partial charge in [0, 0.05) is 12.8 Å². The number of allylic oxidation sites excluding steroid dienone is 7. The minimum Gasteiger partial charge on any atom is -0.456 e. The molecule has 0 spiro atoms. The molecule has 0 saturated carbocycles. The fourth-order valence-electron chi connectivity index (χ4n) is 10.5. The summed E-state index contributed by atoms with van der Waals surface area (Å²) in [5.41, 5.74) is 0. The van der Waals surface area contributed by atoms with E-state index < -0.39 is 20.0 Å². The lowest BCUT2D eigenvalue weighted by Crippen LogP contribution is -2.47. The Labute approximate surface area is 509 Å². The van der Waals surface area contributed by atoms with Gasteiger partial charge in [0.2, 0.25) is 5.91 Å². The van der Waals surface area contributed by atoms with Crippen LogP contribution in [0.3, 0.4) is 0 Å². The predicted molar refractivity (Wildman–Crippen MR) is 355 cm³/mol. The summed E-state index contributed by atoms with van der Waals surface area (Å²) in [4.78, 5) is 37.9. The van der Waals surface area contributed by atoms with Gasteiger partial charge in [-0.3, -0.25) is 18.6 Å². The van der Waals surface area contributed by atoms with Crippen LogP contribution < -0.4 is 5.32 Å². The third kappa shape index (κ3) is 62.5. The van der Waals surface area contributed by atoms with E-state index >= 15 is 0 Å². The summed E-state index contributed by atoms with van der Waals surface area (Å²) in [6.07, 6.45) is 78.3. The Hall–Kier alpha value is -2.03. The standard InChI is InChI=1S/C72H137N2O7P/c1-7-10-13-16-19-22-25-28-30-32-34-36-37-39-41-43-45-47-50-53-56-59-62-65-72(76)81-70(63-60-57-54-51-48-27-24-21-18-15-12-9-3)69(68-80-82(77,78)79-67-66-74(4,5)6)73-71(75)64-61-58-55-52-49-46-44-42-40-38-35-33-31-29-26-23-20-17-14-11-8-2/h19,22,28,30,34,36,60,63,69-70H,7-18,20-21,23-27,29,31-33,35,37-59,61-62,64-68H2,1-6H3,(H-,73,75,77,78)/p+1/b22-19-,30-28-,36-34-,63-60+. The lowest BCUT2D eigenvalue weighted by Gasteiger charge is -2.27. The van der Waals surface area contributed by atoms with Gasteiger partial charge in [-0.2, -0.15) is 0 Å². The molecule has 0 heterocycles. The van der Waals surface area contributed by atoms with E-state index in [-0.39, 0.29) is 31.5 Å². The molecule has 0 aromatic rings. The smallest absolute Gasteiger partial charge is 0.456 e. The maximum absolute atomic E-state index is 13.6. The SMILES string of the molecule is CCCCC/C=C\C/C=C\C/C=C\CCCCCCCCCCCCC(=O)OC(/C=C/CCCCCCCCCCCC)C(COP(=O)(O)OCC[N+](C)(C)C)NC(=O)CCCCCCCCCCCCCCCCCCCCCCC. The normalized spacial score (nSPS) is 13.8. The number of hydrogen-bond donors (Lipinski definition) is 2. The van der Waals surface area contributed by atoms with Crippen LogP contribution in [0, 0.1) is 0 Å². The summed E-state index contributed by atoms with van der Waals surface area (Å²) in [5, 5.41) is 3.08. The van der Waals surface area contributed by atoms with E-state index in [1.165, 1.54) is 244 Å². The van der Waals surface area contributed by atoms with Crippen LogP contribution in [-0.4, -0.2) is 74.3 Å². The Balaban J connectivity index is 5.07. The molecule has 0 fully saturated rings. The van der Waals surface area contributed by atoms with E-state index in [1.54, 1.807) is 0 Å². The number of likely N-dealkylation sites (N-methyl/N-ethyl adjacent to an activating group) is 1. The van der Waals surface area contributed by atoms with Crippen molar-refractivity contribution in [3.05, 3.63) is 48.6 Å². The summed E-state index contributed by atoms with van der Waals surface area (Å²) in [6.45, 7) is 7.04. The predicted octanol–water partition coefficient (Wildman–Crippen LogP) is 22.4. The number of rotatable bonds is 65. The minimum absolute atomic E-state index is 0.0414. The molecule has 0 rings (SSSR count). The Kier molecular flexibility index (Phi) is 60.5. The minimum atomic E-state index is -4.45. The van der Waals surface area contributed by atoms with Gasteiger partial charge in [0.15, 0.2) is 0 Å². The van der Waals surface area contributed by atoms with Crippen molar-refractivity contribution in [2.45, 2.75) is 360 Å². The first kappa shape index (κ1) is 80.0. The molecule has 3 unspecified atom stereocenters. The molecule has 0 radical (unpaired) electrons. The van der Waals surface area contributed by atoms with Crippen molar-refractivity contribution < 1.29 is 37.3 Å². The fourth-order valence-corrected chi connectivity index (χ4v) is 11.3. The quantitative estimate of drug-likeness (QED) is 0.0205. The van der Waals surface area contributed by atoms with Gasteiger partial charge in [-0.25, -0.2) is 4.57 Å². The van der Waals surface area contributed by atoms with E-state index in [1.807, 2.05) is 33.3 Å². The van der Waals surface area contributed by atoms with Gasteiger partial charge in [-0.15, -0.1) is 0 Å². The number of ether oxygens (including phenoxy) is 1. The summed E-state index contributed by atoms with van der Waals surface area (Å²) in [6, 6.07) is -0.848. The molecule has 0 aromatic carbocycles. The van der Waals surface area contributed by atoms with E-state index in [0.717, 1.165) is 70.6 Å². The first-order valence-corrected chi connectivity index (χ1v) is 37.0. The molecule has 1 amide bonds. The maximum Gasteiger partial charge on any atom is 0.472 e. The average molecular weight is 1170 g/mol. The van der Waals surface area contributed by atoms with Crippen LogP contribution in [0.1, 0.15) is 348 Å². The molecule has 0 aliphatic rings. The average Bonchev–Trinajstić information content (AvgIpc) is 3.44. The number of phosphoric acid groups is 1. The Morgan fingerprint density at radius 2 is 0.744 bits per heavy atom. The lowest BCUT2D eigenvalue weighted by molar-refractivity contribution is -0.870. The van der Waals surface area contributed by atoms with Crippen molar-refractivity contribution in [3.8, 4) is 0 Å². The zero-order valence-electron chi connectivity index (χ0n) is 55.2. The van der Waals surface area contributed by atoms with E-state index in [2.05, 4.69) is 62.5 Å². The highest BCUT2D eigenvalue weighted by Crippen LogP contribution is 2.43. The van der Waals surface area contributed by atoms with E-state index in [4.69, 9.17) is 13.8 Å². The van der Waals surface area contributed by atoms with Gasteiger partial charge in [0.05, 0.1) is 33.8 Å². The molecular formula is C72H138N2O7P+. The second kappa shape index (κ2) is 62.0. The van der Waals surface area contributed by atoms with Crippen LogP contribution in [0.15, 0.2) is 48.6 Å². The molecule has 482 valence electrons. The van der Waals surface area contributed by atoms with Crippen LogP contribution in [-0.2, 0) is 27.9 Å². The first-order chi connectivity index (χ1) is 39.9. The Morgan fingerprint density at radius 3 is 1.13 bits per heavy atom. The number of amides is 1. The highest BCUT2D eigenvalue weighted by Gasteiger charge is 2.30. The highest BCUT2D eigenvalue weighted by atomic mass is 31.2. The van der Waals surface area contributed by atoms with Crippen molar-refractivity contribution in [3.63, 3.8) is 0 Å². The third-order valence-electron chi connectivity index (χ3n) is 16.0. The van der Waals surface area contributed by atoms with Crippen molar-refractivity contribution in [2.24, 2.45) is 0 Å². The van der Waals surface area contributed by atoms with Crippen LogP contribution in [0.25, 0.3) is 0 Å². The zero-order chi connectivity index (χ0) is 60.0. The number of carbonyl (C=O) groups is 2. The topological polar surface area (TPSA) is 111 Å². The van der Waals surface area contributed by atoms with Gasteiger partial charge >= 0.3 is 13.8 Å². The number of unbranched alkanes of at least 4 members (excludes halogenated alkanes) is 43. The molecule has 0 saturated heterocycles. The second-order valence-corrected chi connectivity index (χ2v) is 26.9. The molecular weight excluding hydrogens is 1040 g/mol. The molecule has 0 aliphatic heterocycles. The van der Waals surface area contributed by atoms with Gasteiger partial charge in [0.25, 0.3) is 0 Å². The summed E-state index contributed by atoms with van der Waals surface area (Å²) in [5.74, 6) is -0.492. The molecule has 0 aromatic heterocycles. The van der Waals surface area contributed by atoms with Crippen molar-refractivity contribution in [2.75, 3.05) is 40.9 Å². The molecule has 0 bridgehead atoms. The fraction of sp³-hybridized carbons (Fsp3) is 0.861. The summed E-state index contributed by atoms with van der Waals surface area (Å²) in [7, 11) is 1.51. The summed E-state index contributed by atoms with van der Waals surface area (Å²) < 4.78 is 30.8. The van der Waals surface area contributed by atoms with Crippen LogP contribution in [0.5, 0.6) is 0 Å². The molecule has 3 atom stereocenters. The van der Waals surface area contributed by atoms with Crippen molar-refractivity contribution in [1.29, 1.82) is 0 Å². The number of quaternary nitrogens is 1. The highest BCUT2D eigenvalue weighted by molar-refractivity contribution is 7.47. The zero-order valence-corrected chi connectivity index (χ0v) is 56.1. The van der Waals surface area contributed by atoms with Gasteiger partial charge in [0.1, 0.15) is 19.3 Å².